The van der Waals surface area contributed by atoms with Crippen LogP contribution in [0.5, 0.6) is 0 Å². The largest absolute Gasteiger partial charge is 0.467 e. The van der Waals surface area contributed by atoms with Crippen molar-refractivity contribution in [2.24, 2.45) is 0 Å². The molecule has 0 aliphatic rings. The van der Waals surface area contributed by atoms with Gasteiger partial charge in [-0.3, -0.25) is 10.1 Å². The van der Waals surface area contributed by atoms with Crippen molar-refractivity contribution in [3.63, 3.8) is 0 Å². The highest BCUT2D eigenvalue weighted by Gasteiger charge is 2.03. The maximum absolute atomic E-state index is 12.0. The van der Waals surface area contributed by atoms with Gasteiger partial charge in [-0.1, -0.05) is 42.5 Å². The highest BCUT2D eigenvalue weighted by atomic mass is 32.1. The number of carbonyl (C=O) groups excluding carboxylic acids is 1. The van der Waals surface area contributed by atoms with Gasteiger partial charge >= 0.3 is 0 Å². The molecule has 24 heavy (non-hydrogen) atoms. The van der Waals surface area contributed by atoms with E-state index in [-0.39, 0.29) is 11.0 Å². The number of furan rings is 1. The fourth-order valence-corrected chi connectivity index (χ4v) is 2.51. The number of fused-ring (bicyclic) bond motifs is 1. The molecular weight excluding hydrogens is 320 g/mol. The molecule has 1 heterocycles. The standard InChI is InChI=1S/C19H16N2O2S/c22-18(21-19(24)20-13-16-8-4-12-23-16)11-10-15-7-3-6-14-5-1-2-9-17(14)15/h1-12H,13H2,(H2,20,21,22,24)/b11-10+. The minimum Gasteiger partial charge on any atom is -0.467 e. The molecule has 0 aliphatic heterocycles. The fraction of sp³-hybridized carbons (Fsp3) is 0.0526. The van der Waals surface area contributed by atoms with Gasteiger partial charge in [0, 0.05) is 6.08 Å². The maximum Gasteiger partial charge on any atom is 0.250 e. The summed E-state index contributed by atoms with van der Waals surface area (Å²) in [5.74, 6) is 0.470. The molecule has 0 unspecified atom stereocenters. The Morgan fingerprint density at radius 2 is 1.92 bits per heavy atom. The molecule has 1 amide bonds. The first kappa shape index (κ1) is 16.0. The van der Waals surface area contributed by atoms with Crippen molar-refractivity contribution >= 4 is 40.1 Å². The first-order chi connectivity index (χ1) is 11.7. The first-order valence-corrected chi connectivity index (χ1v) is 7.90. The van der Waals surface area contributed by atoms with Crippen LogP contribution in [0.15, 0.2) is 71.4 Å². The zero-order chi connectivity index (χ0) is 16.8. The van der Waals surface area contributed by atoms with Gasteiger partial charge in [-0.2, -0.15) is 0 Å². The fourth-order valence-electron chi connectivity index (χ4n) is 2.34. The zero-order valence-electron chi connectivity index (χ0n) is 12.9. The van der Waals surface area contributed by atoms with E-state index in [1.54, 1.807) is 18.4 Å². The molecule has 0 aliphatic carbocycles. The number of hydrogen-bond donors (Lipinski definition) is 2. The second-order valence-corrected chi connectivity index (χ2v) is 5.56. The summed E-state index contributed by atoms with van der Waals surface area (Å²) in [5.41, 5.74) is 0.984. The van der Waals surface area contributed by atoms with Crippen LogP contribution in [0.1, 0.15) is 11.3 Å². The molecule has 2 aromatic carbocycles. The molecule has 0 atom stereocenters. The van der Waals surface area contributed by atoms with Crippen LogP contribution in [0.3, 0.4) is 0 Å². The molecule has 3 rings (SSSR count). The molecule has 0 bridgehead atoms. The van der Waals surface area contributed by atoms with Crippen LogP contribution in [0.25, 0.3) is 16.8 Å². The topological polar surface area (TPSA) is 54.3 Å². The van der Waals surface area contributed by atoms with E-state index in [2.05, 4.69) is 10.6 Å². The molecule has 0 saturated carbocycles. The van der Waals surface area contributed by atoms with Crippen molar-refractivity contribution in [2.75, 3.05) is 0 Å². The lowest BCUT2D eigenvalue weighted by molar-refractivity contribution is -0.115. The van der Waals surface area contributed by atoms with E-state index < -0.39 is 0 Å². The second kappa shape index (κ2) is 7.57. The van der Waals surface area contributed by atoms with Crippen molar-refractivity contribution in [3.8, 4) is 0 Å². The van der Waals surface area contributed by atoms with Crippen LogP contribution in [-0.2, 0) is 11.3 Å². The van der Waals surface area contributed by atoms with Crippen LogP contribution >= 0.6 is 12.2 Å². The van der Waals surface area contributed by atoms with E-state index >= 15 is 0 Å². The number of nitrogens with one attached hydrogen (secondary N) is 2. The minimum atomic E-state index is -0.278. The molecule has 120 valence electrons. The van der Waals surface area contributed by atoms with E-state index in [0.29, 0.717) is 6.54 Å². The van der Waals surface area contributed by atoms with E-state index in [1.807, 2.05) is 48.5 Å². The van der Waals surface area contributed by atoms with Crippen molar-refractivity contribution in [1.29, 1.82) is 0 Å². The smallest absolute Gasteiger partial charge is 0.250 e. The van der Waals surface area contributed by atoms with Crippen molar-refractivity contribution < 1.29 is 9.21 Å². The van der Waals surface area contributed by atoms with Gasteiger partial charge in [0.2, 0.25) is 5.91 Å². The van der Waals surface area contributed by atoms with Crippen LogP contribution in [0.2, 0.25) is 0 Å². The molecule has 0 radical (unpaired) electrons. The number of rotatable bonds is 4. The summed E-state index contributed by atoms with van der Waals surface area (Å²) in [6, 6.07) is 17.7. The highest BCUT2D eigenvalue weighted by Crippen LogP contribution is 2.19. The molecule has 1 aromatic heterocycles. The van der Waals surface area contributed by atoms with Gasteiger partial charge in [0.05, 0.1) is 12.8 Å². The summed E-state index contributed by atoms with van der Waals surface area (Å²) in [4.78, 5) is 12.0. The highest BCUT2D eigenvalue weighted by molar-refractivity contribution is 7.80. The summed E-state index contributed by atoms with van der Waals surface area (Å²) in [7, 11) is 0. The Labute approximate surface area is 145 Å². The number of benzene rings is 2. The molecule has 2 N–H and O–H groups in total. The SMILES string of the molecule is O=C(/C=C/c1cccc2ccccc12)NC(=S)NCc1ccco1. The third-order valence-electron chi connectivity index (χ3n) is 3.48. The Morgan fingerprint density at radius 1 is 1.08 bits per heavy atom. The lowest BCUT2D eigenvalue weighted by Gasteiger charge is -2.06. The number of carbonyl (C=O) groups is 1. The van der Waals surface area contributed by atoms with Gasteiger partial charge in [-0.15, -0.1) is 0 Å². The summed E-state index contributed by atoms with van der Waals surface area (Å²) in [5, 5.41) is 8.03. The molecule has 0 saturated heterocycles. The molecule has 0 spiro atoms. The van der Waals surface area contributed by atoms with E-state index in [0.717, 1.165) is 22.1 Å². The summed E-state index contributed by atoms with van der Waals surface area (Å²) >= 11 is 5.09. The van der Waals surface area contributed by atoms with Crippen LogP contribution in [-0.4, -0.2) is 11.0 Å². The molecule has 3 aromatic rings. The van der Waals surface area contributed by atoms with E-state index in [1.165, 1.54) is 6.08 Å². The van der Waals surface area contributed by atoms with Crippen molar-refractivity contribution in [1.82, 2.24) is 10.6 Å². The second-order valence-electron chi connectivity index (χ2n) is 5.15. The Hall–Kier alpha value is -2.92. The van der Waals surface area contributed by atoms with Gasteiger partial charge in [0.25, 0.3) is 0 Å². The van der Waals surface area contributed by atoms with Gasteiger partial charge in [0.1, 0.15) is 5.76 Å². The van der Waals surface area contributed by atoms with Gasteiger partial charge in [0.15, 0.2) is 5.11 Å². The lowest BCUT2D eigenvalue weighted by Crippen LogP contribution is -2.37. The van der Waals surface area contributed by atoms with E-state index in [9.17, 15) is 4.79 Å². The first-order valence-electron chi connectivity index (χ1n) is 7.49. The van der Waals surface area contributed by atoms with Crippen LogP contribution in [0.4, 0.5) is 0 Å². The van der Waals surface area contributed by atoms with Crippen molar-refractivity contribution in [2.45, 2.75) is 6.54 Å². The zero-order valence-corrected chi connectivity index (χ0v) is 13.7. The van der Waals surface area contributed by atoms with Crippen molar-refractivity contribution in [3.05, 3.63) is 78.3 Å². The Morgan fingerprint density at radius 3 is 2.75 bits per heavy atom. The molecular formula is C19H16N2O2S. The average Bonchev–Trinajstić information content (AvgIpc) is 3.11. The van der Waals surface area contributed by atoms with Gasteiger partial charge < -0.3 is 9.73 Å². The summed E-state index contributed by atoms with van der Waals surface area (Å²) in [6.07, 6.45) is 4.85. The molecule has 0 fully saturated rings. The third-order valence-corrected chi connectivity index (χ3v) is 3.72. The van der Waals surface area contributed by atoms with Gasteiger partial charge in [-0.05, 0) is 46.8 Å². The monoisotopic (exact) mass is 336 g/mol. The number of hydrogen-bond acceptors (Lipinski definition) is 3. The third kappa shape index (κ3) is 4.08. The average molecular weight is 336 g/mol. The number of thiocarbonyl (C=S) groups is 1. The summed E-state index contributed by atoms with van der Waals surface area (Å²) < 4.78 is 5.19. The predicted octanol–water partition coefficient (Wildman–Crippen LogP) is 3.64. The Kier molecular flexibility index (Phi) is 5.03. The Bertz CT molecular complexity index is 880. The maximum atomic E-state index is 12.0. The predicted molar refractivity (Wildman–Crippen MR) is 99.3 cm³/mol. The summed E-state index contributed by atoms with van der Waals surface area (Å²) in [6.45, 7) is 0.430. The van der Waals surface area contributed by atoms with Gasteiger partial charge in [-0.25, -0.2) is 0 Å². The lowest BCUT2D eigenvalue weighted by atomic mass is 10.0. The Balaban J connectivity index is 1.59. The normalized spacial score (nSPS) is 10.8. The molecule has 5 heteroatoms. The van der Waals surface area contributed by atoms with E-state index in [4.69, 9.17) is 16.6 Å². The molecule has 4 nitrogen and oxygen atoms in total. The quantitative estimate of drug-likeness (QED) is 0.564. The number of amides is 1. The minimum absolute atomic E-state index is 0.263. The van der Waals surface area contributed by atoms with Crippen LogP contribution in [0, 0.1) is 0 Å². The van der Waals surface area contributed by atoms with Crippen LogP contribution < -0.4 is 10.6 Å².